The summed E-state index contributed by atoms with van der Waals surface area (Å²) in [6, 6.07) is 10.7. The molecule has 0 radical (unpaired) electrons. The Kier molecular flexibility index (Phi) is 4.67. The Bertz CT molecular complexity index is 651. The zero-order chi connectivity index (χ0) is 14.6. The van der Waals surface area contributed by atoms with E-state index in [9.17, 15) is 8.42 Å². The lowest BCUT2D eigenvalue weighted by molar-refractivity contribution is 0.590. The van der Waals surface area contributed by atoms with Crippen molar-refractivity contribution in [1.82, 2.24) is 0 Å². The summed E-state index contributed by atoms with van der Waals surface area (Å²) in [6.07, 6.45) is 1.75. The maximum atomic E-state index is 12.7. The van der Waals surface area contributed by atoms with Crippen LogP contribution in [0.2, 0.25) is 0 Å². The number of hydrogen-bond acceptors (Lipinski definition) is 4. The van der Waals surface area contributed by atoms with Crippen LogP contribution in [0, 0.1) is 0 Å². The average Bonchev–Trinajstić information content (AvgIpc) is 2.88. The number of nitrogens with two attached hydrogens (primary N) is 1. The van der Waals surface area contributed by atoms with Gasteiger partial charge in [0, 0.05) is 17.6 Å². The van der Waals surface area contributed by atoms with E-state index in [0.29, 0.717) is 17.9 Å². The highest BCUT2D eigenvalue weighted by Gasteiger charge is 2.25. The lowest BCUT2D eigenvalue weighted by Gasteiger charge is -2.23. The number of thiophene rings is 1. The van der Waals surface area contributed by atoms with Crippen LogP contribution < -0.4 is 10.0 Å². The third-order valence-electron chi connectivity index (χ3n) is 2.90. The number of nitrogens with zero attached hydrogens (tertiary/aromatic N) is 1. The van der Waals surface area contributed by atoms with Crippen LogP contribution >= 0.6 is 11.3 Å². The van der Waals surface area contributed by atoms with Crippen LogP contribution in [0.3, 0.4) is 0 Å². The second-order valence-electron chi connectivity index (χ2n) is 4.47. The largest absolute Gasteiger partial charge is 0.398 e. The molecule has 0 aliphatic rings. The van der Waals surface area contributed by atoms with Crippen molar-refractivity contribution >= 4 is 32.7 Å². The van der Waals surface area contributed by atoms with Gasteiger partial charge in [0.25, 0.3) is 10.0 Å². The fraction of sp³-hybridized carbons (Fsp3) is 0.286. The van der Waals surface area contributed by atoms with Gasteiger partial charge in [0.2, 0.25) is 0 Å². The highest BCUT2D eigenvalue weighted by atomic mass is 32.2. The van der Waals surface area contributed by atoms with Gasteiger partial charge in [0.15, 0.2) is 0 Å². The molecule has 0 saturated heterocycles. The summed E-state index contributed by atoms with van der Waals surface area (Å²) in [6.45, 7) is 2.51. The fourth-order valence-electron chi connectivity index (χ4n) is 1.86. The van der Waals surface area contributed by atoms with Gasteiger partial charge < -0.3 is 5.73 Å². The minimum absolute atomic E-state index is 0.287. The molecule has 0 amide bonds. The molecular formula is C14H18N2O2S2. The van der Waals surface area contributed by atoms with Gasteiger partial charge in [-0.05, 0) is 24.6 Å². The van der Waals surface area contributed by atoms with Crippen LogP contribution in [0.4, 0.5) is 11.4 Å². The van der Waals surface area contributed by atoms with Crippen molar-refractivity contribution in [1.29, 1.82) is 0 Å². The van der Waals surface area contributed by atoms with Crippen molar-refractivity contribution < 1.29 is 8.42 Å². The molecule has 1 aromatic carbocycles. The van der Waals surface area contributed by atoms with Crippen molar-refractivity contribution in [3.05, 3.63) is 41.8 Å². The third-order valence-corrected chi connectivity index (χ3v) is 6.16. The lowest BCUT2D eigenvalue weighted by Crippen LogP contribution is -2.31. The smallest absolute Gasteiger partial charge is 0.273 e. The number of hydrogen-bond donors (Lipinski definition) is 1. The quantitative estimate of drug-likeness (QED) is 0.890. The number of nitrogen functional groups attached to an aromatic ring is 1. The lowest BCUT2D eigenvalue weighted by atomic mass is 10.3. The number of sulfonamides is 1. The second kappa shape index (κ2) is 6.28. The van der Waals surface area contributed by atoms with Gasteiger partial charge in [-0.3, -0.25) is 4.31 Å². The van der Waals surface area contributed by atoms with Gasteiger partial charge in [0.1, 0.15) is 4.21 Å². The Balaban J connectivity index is 2.40. The second-order valence-corrected chi connectivity index (χ2v) is 7.47. The van der Waals surface area contributed by atoms with Crippen molar-refractivity contribution in [3.8, 4) is 0 Å². The maximum Gasteiger partial charge on any atom is 0.273 e. The molecule has 0 aliphatic heterocycles. The summed E-state index contributed by atoms with van der Waals surface area (Å²) in [4.78, 5) is 0. The van der Waals surface area contributed by atoms with Crippen molar-refractivity contribution in [3.63, 3.8) is 0 Å². The molecule has 0 spiro atoms. The number of benzene rings is 1. The molecule has 20 heavy (non-hydrogen) atoms. The van der Waals surface area contributed by atoms with Crippen LogP contribution in [-0.2, 0) is 10.0 Å². The fourth-order valence-corrected chi connectivity index (χ4v) is 4.55. The molecule has 0 saturated carbocycles. The molecule has 2 N–H and O–H groups in total. The average molecular weight is 310 g/mol. The van der Waals surface area contributed by atoms with E-state index < -0.39 is 10.0 Å². The van der Waals surface area contributed by atoms with Gasteiger partial charge in [-0.1, -0.05) is 31.5 Å². The number of anilines is 2. The van der Waals surface area contributed by atoms with E-state index in [2.05, 4.69) is 0 Å². The molecule has 6 heteroatoms. The highest BCUT2D eigenvalue weighted by Crippen LogP contribution is 2.29. The first-order valence-electron chi connectivity index (χ1n) is 6.47. The minimum Gasteiger partial charge on any atom is -0.398 e. The van der Waals surface area contributed by atoms with E-state index in [4.69, 9.17) is 5.73 Å². The van der Waals surface area contributed by atoms with Gasteiger partial charge in [0.05, 0.1) is 5.69 Å². The Hall–Kier alpha value is -1.53. The van der Waals surface area contributed by atoms with Crippen molar-refractivity contribution in [2.45, 2.75) is 24.0 Å². The van der Waals surface area contributed by atoms with Crippen LogP contribution in [0.1, 0.15) is 19.8 Å². The van der Waals surface area contributed by atoms with Gasteiger partial charge in [-0.25, -0.2) is 8.42 Å². The van der Waals surface area contributed by atoms with Crippen LogP contribution in [0.5, 0.6) is 0 Å². The summed E-state index contributed by atoms with van der Waals surface area (Å²) in [5.41, 5.74) is 6.81. The third kappa shape index (κ3) is 3.13. The van der Waals surface area contributed by atoms with Gasteiger partial charge in [-0.15, -0.1) is 11.3 Å². The monoisotopic (exact) mass is 310 g/mol. The van der Waals surface area contributed by atoms with E-state index in [1.165, 1.54) is 10.4 Å². The molecule has 0 fully saturated rings. The summed E-state index contributed by atoms with van der Waals surface area (Å²) >= 11 is 1.16. The maximum absolute atomic E-state index is 12.7. The summed E-state index contributed by atoms with van der Waals surface area (Å²) in [7, 11) is -3.53. The van der Waals surface area contributed by atoms with E-state index in [0.717, 1.165) is 24.2 Å². The normalized spacial score (nSPS) is 11.4. The molecule has 1 heterocycles. The summed E-state index contributed by atoms with van der Waals surface area (Å²) in [5, 5.41) is 1.65. The molecule has 4 nitrogen and oxygen atoms in total. The molecule has 2 aromatic rings. The molecule has 1 aromatic heterocycles. The highest BCUT2D eigenvalue weighted by molar-refractivity contribution is 7.94. The van der Waals surface area contributed by atoms with E-state index in [-0.39, 0.29) is 4.21 Å². The number of para-hydroxylation sites is 1. The zero-order valence-electron chi connectivity index (χ0n) is 11.3. The Morgan fingerprint density at radius 3 is 2.50 bits per heavy atom. The SMILES string of the molecule is CCCCN(c1ccccc1)S(=O)(=O)c1cc(N)cs1. The summed E-state index contributed by atoms with van der Waals surface area (Å²) < 4.78 is 27.2. The first-order valence-corrected chi connectivity index (χ1v) is 8.79. The molecule has 0 atom stereocenters. The van der Waals surface area contributed by atoms with Crippen LogP contribution in [-0.4, -0.2) is 15.0 Å². The number of unbranched alkanes of at least 4 members (excludes halogenated alkanes) is 1. The number of rotatable bonds is 6. The minimum atomic E-state index is -3.53. The first kappa shape index (κ1) is 14.9. The molecule has 0 bridgehead atoms. The predicted molar refractivity (Wildman–Crippen MR) is 84.6 cm³/mol. The van der Waals surface area contributed by atoms with Crippen LogP contribution in [0.25, 0.3) is 0 Å². The standard InChI is InChI=1S/C14H18N2O2S2/c1-2-3-9-16(13-7-5-4-6-8-13)20(17,18)14-10-12(15)11-19-14/h4-8,10-11H,2-3,9,15H2,1H3. The Morgan fingerprint density at radius 2 is 1.95 bits per heavy atom. The molecule has 0 aliphatic carbocycles. The summed E-state index contributed by atoms with van der Waals surface area (Å²) in [5.74, 6) is 0. The van der Waals surface area contributed by atoms with Crippen molar-refractivity contribution in [2.75, 3.05) is 16.6 Å². The molecular weight excluding hydrogens is 292 g/mol. The van der Waals surface area contributed by atoms with E-state index in [1.807, 2.05) is 37.3 Å². The van der Waals surface area contributed by atoms with Gasteiger partial charge in [-0.2, -0.15) is 0 Å². The van der Waals surface area contributed by atoms with Crippen molar-refractivity contribution in [2.24, 2.45) is 0 Å². The molecule has 0 unspecified atom stereocenters. The Labute approximate surface area is 123 Å². The zero-order valence-corrected chi connectivity index (χ0v) is 13.0. The van der Waals surface area contributed by atoms with E-state index in [1.54, 1.807) is 5.38 Å². The molecule has 2 rings (SSSR count). The van der Waals surface area contributed by atoms with Gasteiger partial charge >= 0.3 is 0 Å². The Morgan fingerprint density at radius 1 is 1.25 bits per heavy atom. The molecule has 108 valence electrons. The van der Waals surface area contributed by atoms with Crippen LogP contribution in [0.15, 0.2) is 46.0 Å². The topological polar surface area (TPSA) is 63.4 Å². The van der Waals surface area contributed by atoms with E-state index >= 15 is 0 Å². The first-order chi connectivity index (χ1) is 9.55. The predicted octanol–water partition coefficient (Wildman–Crippen LogP) is 3.33.